The number of nitrogens with zero attached hydrogens (tertiary/aromatic N) is 1. The van der Waals surface area contributed by atoms with Crippen LogP contribution in [0.5, 0.6) is 5.75 Å². The lowest BCUT2D eigenvalue weighted by Gasteiger charge is -2.36. The first-order valence-electron chi connectivity index (χ1n) is 15.1. The van der Waals surface area contributed by atoms with Gasteiger partial charge in [-0.15, -0.1) is 0 Å². The minimum absolute atomic E-state index is 0.265. The number of aryl methyl sites for hydroxylation is 1. The summed E-state index contributed by atoms with van der Waals surface area (Å²) in [6.07, 6.45) is 1.78. The molecule has 44 heavy (non-hydrogen) atoms. The van der Waals surface area contributed by atoms with Crippen LogP contribution in [-0.4, -0.2) is 11.3 Å². The fourth-order valence-corrected chi connectivity index (χ4v) is 6.40. The minimum atomic E-state index is -0.501. The van der Waals surface area contributed by atoms with Gasteiger partial charge >= 0.3 is 0 Å². The molecule has 6 aromatic rings. The van der Waals surface area contributed by atoms with Crippen LogP contribution in [0.3, 0.4) is 0 Å². The van der Waals surface area contributed by atoms with Crippen LogP contribution in [-0.2, 0) is 10.8 Å². The van der Waals surface area contributed by atoms with E-state index in [0.717, 1.165) is 27.9 Å². The molecule has 1 N–H and O–H groups in total. The largest absolute Gasteiger partial charge is 0.507 e. The smallest absolute Gasteiger partial charge is 0.128 e. The van der Waals surface area contributed by atoms with Crippen LogP contribution in [0, 0.1) is 6.92 Å². The molecule has 0 aliphatic heterocycles. The summed E-state index contributed by atoms with van der Waals surface area (Å²) >= 11 is 0. The van der Waals surface area contributed by atoms with Crippen LogP contribution >= 0.6 is 0 Å². The van der Waals surface area contributed by atoms with Crippen molar-refractivity contribution in [1.82, 2.24) is 0 Å². The van der Waals surface area contributed by atoms with Crippen LogP contribution in [0.15, 0.2) is 163 Å². The fraction of sp³-hybridized carbons (Fsp3) is 0.119. The molecule has 0 bridgehead atoms. The first-order valence-corrected chi connectivity index (χ1v) is 15.1. The minimum Gasteiger partial charge on any atom is -0.507 e. The highest BCUT2D eigenvalue weighted by Gasteiger charge is 2.38. The molecule has 0 aliphatic carbocycles. The van der Waals surface area contributed by atoms with Crippen LogP contribution < -0.4 is 0 Å². The Morgan fingerprint density at radius 1 is 0.523 bits per heavy atom. The summed E-state index contributed by atoms with van der Waals surface area (Å²) in [5, 5.41) is 11.4. The van der Waals surface area contributed by atoms with Gasteiger partial charge in [0.15, 0.2) is 0 Å². The summed E-state index contributed by atoms with van der Waals surface area (Å²) in [5.74, 6) is 0.265. The van der Waals surface area contributed by atoms with Crippen molar-refractivity contribution in [3.63, 3.8) is 0 Å². The molecule has 0 unspecified atom stereocenters. The average Bonchev–Trinajstić information content (AvgIpc) is 3.08. The zero-order valence-electron chi connectivity index (χ0n) is 25.5. The van der Waals surface area contributed by atoms with Gasteiger partial charge in [0, 0.05) is 22.8 Å². The average molecular weight is 572 g/mol. The molecule has 2 heteroatoms. The highest BCUT2D eigenvalue weighted by molar-refractivity contribution is 5.87. The second kappa shape index (κ2) is 12.2. The molecule has 0 saturated heterocycles. The molecule has 0 amide bonds. The second-order valence-corrected chi connectivity index (χ2v) is 11.9. The van der Waals surface area contributed by atoms with E-state index in [1.165, 1.54) is 16.7 Å². The van der Waals surface area contributed by atoms with E-state index in [1.54, 1.807) is 6.21 Å². The van der Waals surface area contributed by atoms with Crippen molar-refractivity contribution in [2.75, 3.05) is 0 Å². The summed E-state index contributed by atoms with van der Waals surface area (Å²) in [6.45, 7) is 6.36. The standard InChI is InChI=1S/C42H37NO/c1-31-28-32(40(44)39(29-31)41(2,3)33-16-8-4-9-17-33)30-43-38-26-24-37(25-27-38)42(34-18-10-5-11-19-34,35-20-12-6-13-21-35)36-22-14-7-15-23-36/h4-30,44H,1-3H3. The second-order valence-electron chi connectivity index (χ2n) is 11.9. The van der Waals surface area contributed by atoms with E-state index in [9.17, 15) is 5.11 Å². The monoisotopic (exact) mass is 571 g/mol. The van der Waals surface area contributed by atoms with Crippen molar-refractivity contribution in [2.24, 2.45) is 4.99 Å². The van der Waals surface area contributed by atoms with Crippen LogP contribution in [0.2, 0.25) is 0 Å². The highest BCUT2D eigenvalue weighted by Crippen LogP contribution is 2.45. The first kappa shape index (κ1) is 28.9. The van der Waals surface area contributed by atoms with E-state index < -0.39 is 5.41 Å². The molecule has 2 nitrogen and oxygen atoms in total. The number of rotatable bonds is 8. The van der Waals surface area contributed by atoms with Crippen molar-refractivity contribution < 1.29 is 5.11 Å². The van der Waals surface area contributed by atoms with Crippen molar-refractivity contribution in [2.45, 2.75) is 31.6 Å². The van der Waals surface area contributed by atoms with Gasteiger partial charge in [0.05, 0.1) is 11.1 Å². The SMILES string of the molecule is Cc1cc(C=Nc2ccc(C(c3ccccc3)(c3ccccc3)c3ccccc3)cc2)c(O)c(C(C)(C)c2ccccc2)c1. The van der Waals surface area contributed by atoms with Crippen molar-refractivity contribution in [3.8, 4) is 5.75 Å². The van der Waals surface area contributed by atoms with E-state index in [4.69, 9.17) is 4.99 Å². The Labute approximate surface area is 261 Å². The number of hydrogen-bond acceptors (Lipinski definition) is 2. The van der Waals surface area contributed by atoms with E-state index in [0.29, 0.717) is 5.56 Å². The molecule has 216 valence electrons. The summed E-state index contributed by atoms with van der Waals surface area (Å²) in [5.41, 5.74) is 8.54. The predicted molar refractivity (Wildman–Crippen MR) is 183 cm³/mol. The van der Waals surface area contributed by atoms with Crippen LogP contribution in [0.1, 0.15) is 58.4 Å². The zero-order chi connectivity index (χ0) is 30.6. The van der Waals surface area contributed by atoms with E-state index in [-0.39, 0.29) is 11.2 Å². The van der Waals surface area contributed by atoms with Gasteiger partial charge in [0.2, 0.25) is 0 Å². The summed E-state index contributed by atoms with van der Waals surface area (Å²) in [6, 6.07) is 55.0. The summed E-state index contributed by atoms with van der Waals surface area (Å²) < 4.78 is 0. The maximum absolute atomic E-state index is 11.4. The van der Waals surface area contributed by atoms with Gasteiger partial charge in [-0.3, -0.25) is 4.99 Å². The Bertz CT molecular complexity index is 1760. The molecular weight excluding hydrogens is 534 g/mol. The van der Waals surface area contributed by atoms with Gasteiger partial charge < -0.3 is 5.11 Å². The predicted octanol–water partition coefficient (Wildman–Crippen LogP) is 10.2. The van der Waals surface area contributed by atoms with Gasteiger partial charge in [0.25, 0.3) is 0 Å². The molecule has 0 radical (unpaired) electrons. The normalized spacial score (nSPS) is 12.0. The number of benzene rings is 6. The third-order valence-electron chi connectivity index (χ3n) is 8.73. The fourth-order valence-electron chi connectivity index (χ4n) is 6.40. The van der Waals surface area contributed by atoms with Crippen molar-refractivity contribution in [1.29, 1.82) is 0 Å². The van der Waals surface area contributed by atoms with E-state index in [2.05, 4.69) is 154 Å². The van der Waals surface area contributed by atoms with Crippen LogP contribution in [0.4, 0.5) is 5.69 Å². The third kappa shape index (κ3) is 5.36. The summed E-state index contributed by atoms with van der Waals surface area (Å²) in [7, 11) is 0. The Morgan fingerprint density at radius 2 is 0.932 bits per heavy atom. The van der Waals surface area contributed by atoms with E-state index >= 15 is 0 Å². The maximum Gasteiger partial charge on any atom is 0.128 e. The van der Waals surface area contributed by atoms with Crippen molar-refractivity contribution >= 4 is 11.9 Å². The van der Waals surface area contributed by atoms with Crippen LogP contribution in [0.25, 0.3) is 0 Å². The molecule has 6 aromatic carbocycles. The topological polar surface area (TPSA) is 32.6 Å². The van der Waals surface area contributed by atoms with Gasteiger partial charge in [-0.05, 0) is 58.5 Å². The Balaban J connectivity index is 1.41. The van der Waals surface area contributed by atoms with Gasteiger partial charge in [0.1, 0.15) is 5.75 Å². The summed E-state index contributed by atoms with van der Waals surface area (Å²) in [4.78, 5) is 4.83. The molecular formula is C42H37NO. The molecule has 0 spiro atoms. The number of phenolic OH excluding ortho intramolecular Hbond substituents is 1. The molecule has 0 atom stereocenters. The Hall–Kier alpha value is -5.21. The van der Waals surface area contributed by atoms with Gasteiger partial charge in [-0.1, -0.05) is 153 Å². The number of phenols is 1. The lowest BCUT2D eigenvalue weighted by molar-refractivity contribution is 0.452. The molecule has 0 aliphatic rings. The molecule has 0 saturated carbocycles. The molecule has 6 rings (SSSR count). The quantitative estimate of drug-likeness (QED) is 0.143. The molecule has 0 aromatic heterocycles. The highest BCUT2D eigenvalue weighted by atomic mass is 16.3. The van der Waals surface area contributed by atoms with Gasteiger partial charge in [-0.2, -0.15) is 0 Å². The lowest BCUT2D eigenvalue weighted by Crippen LogP contribution is -2.30. The van der Waals surface area contributed by atoms with Crippen molar-refractivity contribution in [3.05, 3.63) is 202 Å². The molecule has 0 heterocycles. The first-order chi connectivity index (χ1) is 21.4. The molecule has 0 fully saturated rings. The lowest BCUT2D eigenvalue weighted by atomic mass is 9.65. The third-order valence-corrected chi connectivity index (χ3v) is 8.73. The van der Waals surface area contributed by atoms with Gasteiger partial charge in [-0.25, -0.2) is 0 Å². The maximum atomic E-state index is 11.4. The van der Waals surface area contributed by atoms with E-state index in [1.807, 2.05) is 24.3 Å². The number of aliphatic imine (C=N–C) groups is 1. The number of aromatic hydroxyl groups is 1. The Morgan fingerprint density at radius 3 is 1.39 bits per heavy atom. The Kier molecular flexibility index (Phi) is 8.00. The number of hydrogen-bond donors (Lipinski definition) is 1. The zero-order valence-corrected chi connectivity index (χ0v) is 25.5.